The second-order valence-corrected chi connectivity index (χ2v) is 4.85. The zero-order valence-electron chi connectivity index (χ0n) is 10.2. The number of ether oxygens (including phenoxy) is 1. The molecular weight excluding hydrogens is 236 g/mol. The third-order valence-corrected chi connectivity index (χ3v) is 3.53. The molecule has 2 rings (SSSR count). The normalized spacial score (nSPS) is 18.2. The molecule has 2 N–H and O–H groups in total. The van der Waals surface area contributed by atoms with E-state index in [9.17, 15) is 0 Å². The smallest absolute Gasteiger partial charge is 0.138 e. The first-order valence-corrected chi connectivity index (χ1v) is 6.51. The maximum absolute atomic E-state index is 6.09. The molecule has 1 aliphatic heterocycles. The van der Waals surface area contributed by atoms with E-state index < -0.39 is 0 Å². The predicted molar refractivity (Wildman–Crippen MR) is 71.6 cm³/mol. The fraction of sp³-hybridized carbons (Fsp3) is 0.538. The molecule has 1 heterocycles. The van der Waals surface area contributed by atoms with Crippen LogP contribution in [0.15, 0.2) is 18.2 Å². The first-order valence-electron chi connectivity index (χ1n) is 6.13. The van der Waals surface area contributed by atoms with Gasteiger partial charge in [-0.3, -0.25) is 0 Å². The van der Waals surface area contributed by atoms with Crippen molar-refractivity contribution >= 4 is 17.3 Å². The highest BCUT2D eigenvalue weighted by Crippen LogP contribution is 2.29. The Balaban J connectivity index is 1.93. The molecule has 1 aromatic rings. The number of nitrogens with zero attached hydrogens (tertiary/aromatic N) is 1. The molecule has 0 aliphatic carbocycles. The minimum Gasteiger partial charge on any atom is -0.489 e. The van der Waals surface area contributed by atoms with Gasteiger partial charge in [0.15, 0.2) is 0 Å². The Kier molecular flexibility index (Phi) is 4.13. The molecule has 0 aromatic heterocycles. The Morgan fingerprint density at radius 2 is 2.12 bits per heavy atom. The number of piperidine rings is 1. The molecule has 94 valence electrons. The van der Waals surface area contributed by atoms with Gasteiger partial charge in [-0.2, -0.15) is 0 Å². The average molecular weight is 255 g/mol. The van der Waals surface area contributed by atoms with Gasteiger partial charge in [-0.05, 0) is 37.6 Å². The van der Waals surface area contributed by atoms with Crippen LogP contribution in [0.3, 0.4) is 0 Å². The second kappa shape index (κ2) is 5.61. The van der Waals surface area contributed by atoms with Crippen molar-refractivity contribution < 1.29 is 4.74 Å². The third-order valence-electron chi connectivity index (χ3n) is 3.23. The summed E-state index contributed by atoms with van der Waals surface area (Å²) in [6.45, 7) is 5.52. The highest BCUT2D eigenvalue weighted by atomic mass is 35.5. The van der Waals surface area contributed by atoms with E-state index in [1.807, 2.05) is 12.1 Å². The fourth-order valence-corrected chi connectivity index (χ4v) is 2.37. The summed E-state index contributed by atoms with van der Waals surface area (Å²) in [5.74, 6) is 0.746. The van der Waals surface area contributed by atoms with Crippen molar-refractivity contribution in [2.75, 3.05) is 25.4 Å². The van der Waals surface area contributed by atoms with Crippen molar-refractivity contribution in [1.29, 1.82) is 0 Å². The minimum atomic E-state index is 0.277. The minimum absolute atomic E-state index is 0.277. The van der Waals surface area contributed by atoms with Crippen LogP contribution in [0, 0.1) is 0 Å². The van der Waals surface area contributed by atoms with Crippen molar-refractivity contribution in [3.8, 4) is 5.75 Å². The number of nitrogen functional groups attached to an aromatic ring is 1. The largest absolute Gasteiger partial charge is 0.489 e. The highest BCUT2D eigenvalue weighted by molar-refractivity contribution is 6.32. The van der Waals surface area contributed by atoms with E-state index in [0.29, 0.717) is 10.7 Å². The van der Waals surface area contributed by atoms with Crippen LogP contribution in [0.25, 0.3) is 0 Å². The van der Waals surface area contributed by atoms with Crippen LogP contribution >= 0.6 is 11.6 Å². The Bertz CT molecular complexity index is 376. The zero-order valence-corrected chi connectivity index (χ0v) is 10.9. The molecule has 0 spiro atoms. The first-order chi connectivity index (χ1) is 8.19. The molecule has 0 radical (unpaired) electrons. The SMILES string of the molecule is CCN1CCC(Oc2ccc(N)cc2Cl)CC1. The summed E-state index contributed by atoms with van der Waals surface area (Å²) < 4.78 is 5.92. The van der Waals surface area contributed by atoms with Crippen molar-refractivity contribution in [1.82, 2.24) is 4.90 Å². The molecular formula is C13H19ClN2O. The molecule has 1 saturated heterocycles. The van der Waals surface area contributed by atoms with E-state index >= 15 is 0 Å². The van der Waals surface area contributed by atoms with Crippen LogP contribution in [0.2, 0.25) is 5.02 Å². The van der Waals surface area contributed by atoms with Gasteiger partial charge in [-0.15, -0.1) is 0 Å². The van der Waals surface area contributed by atoms with Crippen molar-refractivity contribution in [2.24, 2.45) is 0 Å². The molecule has 0 unspecified atom stereocenters. The van der Waals surface area contributed by atoms with Gasteiger partial charge in [-0.1, -0.05) is 18.5 Å². The Morgan fingerprint density at radius 3 is 2.71 bits per heavy atom. The number of nitrogens with two attached hydrogens (primary N) is 1. The Morgan fingerprint density at radius 1 is 1.41 bits per heavy atom. The molecule has 3 nitrogen and oxygen atoms in total. The van der Waals surface area contributed by atoms with Crippen molar-refractivity contribution in [3.63, 3.8) is 0 Å². The topological polar surface area (TPSA) is 38.5 Å². The van der Waals surface area contributed by atoms with Gasteiger partial charge in [0.05, 0.1) is 5.02 Å². The van der Waals surface area contributed by atoms with Crippen LogP contribution in [-0.4, -0.2) is 30.6 Å². The van der Waals surface area contributed by atoms with E-state index in [0.717, 1.165) is 38.2 Å². The van der Waals surface area contributed by atoms with Gasteiger partial charge >= 0.3 is 0 Å². The standard InChI is InChI=1S/C13H19ClN2O/c1-2-16-7-5-11(6-8-16)17-13-4-3-10(15)9-12(13)14/h3-4,9,11H,2,5-8,15H2,1H3. The van der Waals surface area contributed by atoms with Crippen molar-refractivity contribution in [2.45, 2.75) is 25.9 Å². The van der Waals surface area contributed by atoms with Crippen LogP contribution in [0.4, 0.5) is 5.69 Å². The summed E-state index contributed by atoms with van der Waals surface area (Å²) >= 11 is 6.09. The maximum atomic E-state index is 6.09. The fourth-order valence-electron chi connectivity index (χ4n) is 2.14. The van der Waals surface area contributed by atoms with Gasteiger partial charge < -0.3 is 15.4 Å². The van der Waals surface area contributed by atoms with Gasteiger partial charge in [0, 0.05) is 18.8 Å². The molecule has 17 heavy (non-hydrogen) atoms. The summed E-state index contributed by atoms with van der Waals surface area (Å²) in [4.78, 5) is 2.43. The summed E-state index contributed by atoms with van der Waals surface area (Å²) in [5, 5.41) is 0.600. The van der Waals surface area contributed by atoms with E-state index in [1.54, 1.807) is 6.07 Å². The number of benzene rings is 1. The summed E-state index contributed by atoms with van der Waals surface area (Å²) in [6, 6.07) is 5.41. The average Bonchev–Trinajstić information content (AvgIpc) is 2.34. The zero-order chi connectivity index (χ0) is 12.3. The molecule has 1 fully saturated rings. The summed E-state index contributed by atoms with van der Waals surface area (Å²) in [6.07, 6.45) is 2.40. The molecule has 1 aliphatic rings. The molecule has 0 atom stereocenters. The molecule has 0 saturated carbocycles. The lowest BCUT2D eigenvalue weighted by molar-refractivity contribution is 0.104. The molecule has 1 aromatic carbocycles. The Hall–Kier alpha value is -0.930. The third kappa shape index (κ3) is 3.27. The monoisotopic (exact) mass is 254 g/mol. The molecule has 0 bridgehead atoms. The van der Waals surface area contributed by atoms with Gasteiger partial charge in [0.2, 0.25) is 0 Å². The van der Waals surface area contributed by atoms with Crippen LogP contribution < -0.4 is 10.5 Å². The lowest BCUT2D eigenvalue weighted by atomic mass is 10.1. The molecule has 0 amide bonds. The number of anilines is 1. The van der Waals surface area contributed by atoms with Gasteiger partial charge in [0.25, 0.3) is 0 Å². The Labute approximate surface area is 107 Å². The predicted octanol–water partition coefficient (Wildman–Crippen LogP) is 2.79. The molecule has 4 heteroatoms. The van der Waals surface area contributed by atoms with E-state index in [-0.39, 0.29) is 6.10 Å². The number of hydrogen-bond acceptors (Lipinski definition) is 3. The number of likely N-dealkylation sites (tertiary alicyclic amines) is 1. The highest BCUT2D eigenvalue weighted by Gasteiger charge is 2.20. The van der Waals surface area contributed by atoms with Crippen LogP contribution in [0.5, 0.6) is 5.75 Å². The van der Waals surface area contributed by atoms with Gasteiger partial charge in [0.1, 0.15) is 11.9 Å². The summed E-state index contributed by atoms with van der Waals surface area (Å²) in [5.41, 5.74) is 6.32. The van der Waals surface area contributed by atoms with Gasteiger partial charge in [-0.25, -0.2) is 0 Å². The second-order valence-electron chi connectivity index (χ2n) is 4.44. The number of hydrogen-bond donors (Lipinski definition) is 1. The summed E-state index contributed by atoms with van der Waals surface area (Å²) in [7, 11) is 0. The lowest BCUT2D eigenvalue weighted by Crippen LogP contribution is -2.38. The van der Waals surface area contributed by atoms with E-state index in [4.69, 9.17) is 22.1 Å². The maximum Gasteiger partial charge on any atom is 0.138 e. The number of rotatable bonds is 3. The van der Waals surface area contributed by atoms with E-state index in [2.05, 4.69) is 11.8 Å². The lowest BCUT2D eigenvalue weighted by Gasteiger charge is -2.31. The van der Waals surface area contributed by atoms with E-state index in [1.165, 1.54) is 0 Å². The van der Waals surface area contributed by atoms with Crippen LogP contribution in [0.1, 0.15) is 19.8 Å². The van der Waals surface area contributed by atoms with Crippen molar-refractivity contribution in [3.05, 3.63) is 23.2 Å². The quantitative estimate of drug-likeness (QED) is 0.843. The first kappa shape index (κ1) is 12.5. The number of halogens is 1. The van der Waals surface area contributed by atoms with Crippen LogP contribution in [-0.2, 0) is 0 Å².